The van der Waals surface area contributed by atoms with E-state index < -0.39 is 0 Å². The van der Waals surface area contributed by atoms with E-state index >= 15 is 0 Å². The minimum Gasteiger partial charge on any atom is -0.394 e. The van der Waals surface area contributed by atoms with E-state index in [2.05, 4.69) is 13.8 Å². The van der Waals surface area contributed by atoms with Gasteiger partial charge in [-0.1, -0.05) is 13.8 Å². The number of hydrogen-bond acceptors (Lipinski definition) is 2. The fraction of sp³-hybridized carbons (Fsp3) is 1.00. The average Bonchev–Trinajstić information content (AvgIpc) is 1.56. The van der Waals surface area contributed by atoms with Crippen LogP contribution in [0.15, 0.2) is 0 Å². The molecule has 1 atom stereocenters. The molecule has 0 aliphatic heterocycles. The lowest BCUT2D eigenvalue weighted by molar-refractivity contribution is 0.168. The molecule has 2 N–H and O–H groups in total. The van der Waals surface area contributed by atoms with E-state index in [-0.39, 0.29) is 12.2 Å². The molecule has 0 saturated carbocycles. The molecule has 0 aliphatic carbocycles. The third kappa shape index (κ3) is 40.5. The van der Waals surface area contributed by atoms with Crippen molar-refractivity contribution in [2.75, 3.05) is 0 Å². The van der Waals surface area contributed by atoms with Gasteiger partial charge in [0, 0.05) is 6.10 Å². The van der Waals surface area contributed by atoms with E-state index in [1.807, 2.05) is 6.92 Å². The van der Waals surface area contributed by atoms with Crippen LogP contribution >= 0.6 is 0 Å². The number of rotatable bonds is 2. The highest BCUT2D eigenvalue weighted by Crippen LogP contribution is 2.01. The lowest BCUT2D eigenvalue weighted by Crippen LogP contribution is -2.03. The normalized spacial score (nSPS) is 12.8. The summed E-state index contributed by atoms with van der Waals surface area (Å²) >= 11 is 0. The Labute approximate surface area is 70.3 Å². The van der Waals surface area contributed by atoms with E-state index in [1.54, 1.807) is 13.8 Å². The van der Waals surface area contributed by atoms with Crippen molar-refractivity contribution in [3.63, 3.8) is 0 Å². The molecule has 1 unspecified atom stereocenters. The molecule has 0 saturated heterocycles. The molecule has 2 nitrogen and oxygen atoms in total. The summed E-state index contributed by atoms with van der Waals surface area (Å²) in [6.07, 6.45) is 0.625. The molecule has 0 radical (unpaired) electrons. The molecule has 0 aliphatic rings. The van der Waals surface area contributed by atoms with Gasteiger partial charge in [-0.2, -0.15) is 0 Å². The largest absolute Gasteiger partial charge is 0.394 e. The summed E-state index contributed by atoms with van der Waals surface area (Å²) in [7, 11) is 0. The summed E-state index contributed by atoms with van der Waals surface area (Å²) in [5, 5.41) is 16.8. The quantitative estimate of drug-likeness (QED) is 0.650. The summed E-state index contributed by atoms with van der Waals surface area (Å²) in [5.74, 6) is 0.625. The van der Waals surface area contributed by atoms with Gasteiger partial charge in [-0.05, 0) is 33.1 Å². The maximum atomic E-state index is 8.72. The standard InChI is InChI=1S/C6H14O.C3H8O/c1-5(2)4-6(3)7;1-3(2)4/h5-7H,4H2,1-3H3;3-4H,1-2H3. The van der Waals surface area contributed by atoms with Gasteiger partial charge in [0.1, 0.15) is 0 Å². The van der Waals surface area contributed by atoms with E-state index in [0.29, 0.717) is 5.92 Å². The van der Waals surface area contributed by atoms with Gasteiger partial charge in [0.15, 0.2) is 0 Å². The summed E-state index contributed by atoms with van der Waals surface area (Å²) in [4.78, 5) is 0. The van der Waals surface area contributed by atoms with Gasteiger partial charge in [0.05, 0.1) is 6.10 Å². The molecule has 11 heavy (non-hydrogen) atoms. The zero-order valence-electron chi connectivity index (χ0n) is 8.33. The topological polar surface area (TPSA) is 40.5 Å². The first-order valence-corrected chi connectivity index (χ1v) is 4.22. The highest BCUT2D eigenvalue weighted by molar-refractivity contribution is 4.49. The van der Waals surface area contributed by atoms with Gasteiger partial charge in [0.25, 0.3) is 0 Å². The molecular weight excluding hydrogens is 140 g/mol. The Morgan fingerprint density at radius 3 is 1.18 bits per heavy atom. The molecule has 2 heteroatoms. The van der Waals surface area contributed by atoms with Crippen LogP contribution in [0.3, 0.4) is 0 Å². The number of aliphatic hydroxyl groups excluding tert-OH is 2. The van der Waals surface area contributed by atoms with Crippen LogP contribution in [0.2, 0.25) is 0 Å². The van der Waals surface area contributed by atoms with Crippen LogP contribution in [0.5, 0.6) is 0 Å². The van der Waals surface area contributed by atoms with Crippen LogP contribution in [0, 0.1) is 5.92 Å². The second-order valence-electron chi connectivity index (χ2n) is 3.57. The first kappa shape index (κ1) is 13.5. The Kier molecular flexibility index (Phi) is 9.85. The Balaban J connectivity index is 0. The van der Waals surface area contributed by atoms with Gasteiger partial charge >= 0.3 is 0 Å². The molecular formula is C9H22O2. The van der Waals surface area contributed by atoms with Gasteiger partial charge < -0.3 is 10.2 Å². The molecule has 0 aromatic carbocycles. The third-order valence-electron chi connectivity index (χ3n) is 0.813. The molecule has 0 spiro atoms. The number of hydrogen-bond donors (Lipinski definition) is 2. The van der Waals surface area contributed by atoms with Crippen LogP contribution in [0.25, 0.3) is 0 Å². The van der Waals surface area contributed by atoms with Crippen molar-refractivity contribution < 1.29 is 10.2 Å². The SMILES string of the molecule is CC(C)CC(C)O.CC(C)O. The fourth-order valence-electron chi connectivity index (χ4n) is 0.682. The highest BCUT2D eigenvalue weighted by Gasteiger charge is 1.97. The van der Waals surface area contributed by atoms with Crippen LogP contribution < -0.4 is 0 Å². The van der Waals surface area contributed by atoms with Crippen molar-refractivity contribution in [3.8, 4) is 0 Å². The van der Waals surface area contributed by atoms with E-state index in [9.17, 15) is 0 Å². The van der Waals surface area contributed by atoms with Crippen molar-refractivity contribution in [2.24, 2.45) is 5.92 Å². The summed E-state index contributed by atoms with van der Waals surface area (Å²) in [5.41, 5.74) is 0. The van der Waals surface area contributed by atoms with E-state index in [0.717, 1.165) is 6.42 Å². The Hall–Kier alpha value is -0.0800. The summed E-state index contributed by atoms with van der Waals surface area (Å²) < 4.78 is 0. The highest BCUT2D eigenvalue weighted by atomic mass is 16.3. The monoisotopic (exact) mass is 162 g/mol. The predicted molar refractivity (Wildman–Crippen MR) is 48.5 cm³/mol. The van der Waals surface area contributed by atoms with Crippen molar-refractivity contribution in [3.05, 3.63) is 0 Å². The Bertz CT molecular complexity index is 59.2. The van der Waals surface area contributed by atoms with Gasteiger partial charge in [0.2, 0.25) is 0 Å². The molecule has 70 valence electrons. The fourth-order valence-corrected chi connectivity index (χ4v) is 0.682. The molecule has 0 aromatic heterocycles. The maximum absolute atomic E-state index is 8.72. The molecule has 0 fully saturated rings. The molecule has 0 amide bonds. The van der Waals surface area contributed by atoms with Crippen LogP contribution in [0.1, 0.15) is 41.0 Å². The first-order chi connectivity index (χ1) is 4.86. The lowest BCUT2D eigenvalue weighted by Gasteiger charge is -2.04. The van der Waals surface area contributed by atoms with Gasteiger partial charge in [-0.15, -0.1) is 0 Å². The zero-order chi connectivity index (χ0) is 9.44. The smallest absolute Gasteiger partial charge is 0.0514 e. The second kappa shape index (κ2) is 8.02. The van der Waals surface area contributed by atoms with Crippen molar-refractivity contribution in [2.45, 2.75) is 53.2 Å². The molecule has 0 heterocycles. The second-order valence-corrected chi connectivity index (χ2v) is 3.57. The zero-order valence-corrected chi connectivity index (χ0v) is 8.33. The van der Waals surface area contributed by atoms with Gasteiger partial charge in [-0.25, -0.2) is 0 Å². The molecule has 0 rings (SSSR count). The predicted octanol–water partition coefficient (Wildman–Crippen LogP) is 1.80. The Morgan fingerprint density at radius 1 is 0.909 bits per heavy atom. The molecule has 0 bridgehead atoms. The van der Waals surface area contributed by atoms with E-state index in [4.69, 9.17) is 10.2 Å². The maximum Gasteiger partial charge on any atom is 0.0514 e. The summed E-state index contributed by atoms with van der Waals surface area (Å²) in [6, 6.07) is 0. The first-order valence-electron chi connectivity index (χ1n) is 4.22. The lowest BCUT2D eigenvalue weighted by atomic mass is 10.1. The minimum absolute atomic E-state index is 0.125. The van der Waals surface area contributed by atoms with Crippen LogP contribution in [-0.2, 0) is 0 Å². The average molecular weight is 162 g/mol. The van der Waals surface area contributed by atoms with Crippen LogP contribution in [0.4, 0.5) is 0 Å². The molecule has 0 aromatic rings. The Morgan fingerprint density at radius 2 is 1.18 bits per heavy atom. The number of aliphatic hydroxyl groups is 2. The summed E-state index contributed by atoms with van der Waals surface area (Å²) in [6.45, 7) is 9.47. The van der Waals surface area contributed by atoms with Crippen molar-refractivity contribution in [1.29, 1.82) is 0 Å². The van der Waals surface area contributed by atoms with Gasteiger partial charge in [-0.3, -0.25) is 0 Å². The minimum atomic E-state index is -0.167. The van der Waals surface area contributed by atoms with E-state index in [1.165, 1.54) is 0 Å². The van der Waals surface area contributed by atoms with Crippen molar-refractivity contribution in [1.82, 2.24) is 0 Å². The third-order valence-corrected chi connectivity index (χ3v) is 0.813. The van der Waals surface area contributed by atoms with Crippen molar-refractivity contribution >= 4 is 0 Å². The van der Waals surface area contributed by atoms with Crippen LogP contribution in [-0.4, -0.2) is 22.4 Å².